The highest BCUT2D eigenvalue weighted by Crippen LogP contribution is 2.23. The van der Waals surface area contributed by atoms with Crippen LogP contribution >= 0.6 is 15.9 Å². The van der Waals surface area contributed by atoms with Gasteiger partial charge in [0.05, 0.1) is 11.1 Å². The molecule has 0 saturated heterocycles. The Morgan fingerprint density at radius 1 is 1.63 bits per heavy atom. The van der Waals surface area contributed by atoms with Crippen LogP contribution in [0.1, 0.15) is 18.6 Å². The zero-order valence-corrected chi connectivity index (χ0v) is 11.7. The van der Waals surface area contributed by atoms with Gasteiger partial charge in [-0.3, -0.25) is 4.79 Å². The summed E-state index contributed by atoms with van der Waals surface area (Å²) in [6, 6.07) is 2.64. The number of aliphatic hydroxyl groups is 1. The summed E-state index contributed by atoms with van der Waals surface area (Å²) < 4.78 is 18.3. The standard InChI is InChI=1S/C12H13BrFNO4/c1-2-19-12(18)10(15-6-16)11(17)7-3-4-8(13)9(14)5-7/h3-6,10-11,17H,2H2,1H3,(H,15,16). The highest BCUT2D eigenvalue weighted by molar-refractivity contribution is 9.10. The van der Waals surface area contributed by atoms with Crippen LogP contribution in [0.15, 0.2) is 22.7 Å². The molecule has 1 aromatic rings. The van der Waals surface area contributed by atoms with Crippen LogP contribution in [-0.2, 0) is 14.3 Å². The molecule has 2 atom stereocenters. The molecule has 0 aliphatic carbocycles. The maximum Gasteiger partial charge on any atom is 0.331 e. The van der Waals surface area contributed by atoms with Gasteiger partial charge in [-0.1, -0.05) is 6.07 Å². The molecule has 7 heteroatoms. The van der Waals surface area contributed by atoms with Gasteiger partial charge in [0.15, 0.2) is 6.04 Å². The average Bonchev–Trinajstić information content (AvgIpc) is 2.38. The molecule has 1 rings (SSSR count). The average molecular weight is 334 g/mol. The summed E-state index contributed by atoms with van der Waals surface area (Å²) in [5, 5.41) is 12.2. The van der Waals surface area contributed by atoms with Crippen LogP contribution in [0.25, 0.3) is 0 Å². The first kappa shape index (κ1) is 15.6. The van der Waals surface area contributed by atoms with E-state index in [-0.39, 0.29) is 23.1 Å². The molecule has 0 heterocycles. The van der Waals surface area contributed by atoms with E-state index in [2.05, 4.69) is 21.2 Å². The third-order valence-electron chi connectivity index (χ3n) is 2.39. The Bertz CT molecular complexity index is 469. The van der Waals surface area contributed by atoms with Crippen molar-refractivity contribution in [2.75, 3.05) is 6.61 Å². The summed E-state index contributed by atoms with van der Waals surface area (Å²) in [5.41, 5.74) is 0.160. The van der Waals surface area contributed by atoms with Gasteiger partial charge in [-0.15, -0.1) is 0 Å². The fourth-order valence-electron chi connectivity index (χ4n) is 1.48. The first-order chi connectivity index (χ1) is 9.01. The molecule has 2 unspecified atom stereocenters. The molecular formula is C12H13BrFNO4. The van der Waals surface area contributed by atoms with Gasteiger partial charge in [0, 0.05) is 0 Å². The van der Waals surface area contributed by atoms with E-state index in [0.717, 1.165) is 6.07 Å². The number of hydrogen-bond donors (Lipinski definition) is 2. The number of hydrogen-bond acceptors (Lipinski definition) is 4. The number of benzene rings is 1. The normalized spacial score (nSPS) is 13.5. The van der Waals surface area contributed by atoms with E-state index in [0.29, 0.717) is 0 Å². The van der Waals surface area contributed by atoms with E-state index in [1.807, 2.05) is 0 Å². The predicted molar refractivity (Wildman–Crippen MR) is 68.7 cm³/mol. The lowest BCUT2D eigenvalue weighted by atomic mass is 10.0. The third kappa shape index (κ3) is 4.00. The van der Waals surface area contributed by atoms with Crippen molar-refractivity contribution < 1.29 is 23.8 Å². The van der Waals surface area contributed by atoms with E-state index in [4.69, 9.17) is 4.74 Å². The fraction of sp³-hybridized carbons (Fsp3) is 0.333. The zero-order chi connectivity index (χ0) is 14.4. The lowest BCUT2D eigenvalue weighted by molar-refractivity contribution is -0.149. The maximum atomic E-state index is 13.4. The van der Waals surface area contributed by atoms with Crippen LogP contribution in [0, 0.1) is 5.82 Å². The summed E-state index contributed by atoms with van der Waals surface area (Å²) in [6.07, 6.45) is -1.12. The number of carbonyl (C=O) groups excluding carboxylic acids is 2. The molecule has 0 radical (unpaired) electrons. The van der Waals surface area contributed by atoms with Gasteiger partial charge in [0.25, 0.3) is 0 Å². The Labute approximate surface area is 117 Å². The Morgan fingerprint density at radius 3 is 2.84 bits per heavy atom. The van der Waals surface area contributed by atoms with Gasteiger partial charge in [0.2, 0.25) is 6.41 Å². The van der Waals surface area contributed by atoms with Crippen LogP contribution in [0.3, 0.4) is 0 Å². The van der Waals surface area contributed by atoms with Gasteiger partial charge in [-0.2, -0.15) is 0 Å². The minimum Gasteiger partial charge on any atom is -0.464 e. The van der Waals surface area contributed by atoms with E-state index in [1.165, 1.54) is 12.1 Å². The molecule has 0 bridgehead atoms. The van der Waals surface area contributed by atoms with Crippen molar-refractivity contribution in [1.82, 2.24) is 5.32 Å². The quantitative estimate of drug-likeness (QED) is 0.607. The van der Waals surface area contributed by atoms with Crippen molar-refractivity contribution in [2.24, 2.45) is 0 Å². The molecule has 1 aromatic carbocycles. The molecule has 0 spiro atoms. The van der Waals surface area contributed by atoms with Crippen LogP contribution in [0.5, 0.6) is 0 Å². The van der Waals surface area contributed by atoms with Crippen LogP contribution in [0.2, 0.25) is 0 Å². The third-order valence-corrected chi connectivity index (χ3v) is 3.03. The number of rotatable bonds is 6. The maximum absolute atomic E-state index is 13.4. The molecule has 0 aliphatic rings. The van der Waals surface area contributed by atoms with Gasteiger partial charge >= 0.3 is 5.97 Å². The number of esters is 1. The molecule has 1 amide bonds. The number of amides is 1. The predicted octanol–water partition coefficient (Wildman–Crippen LogP) is 1.30. The number of ether oxygens (including phenoxy) is 1. The smallest absolute Gasteiger partial charge is 0.331 e. The molecule has 0 saturated carbocycles. The summed E-state index contributed by atoms with van der Waals surface area (Å²) >= 11 is 2.98. The Balaban J connectivity index is 2.97. The zero-order valence-electron chi connectivity index (χ0n) is 10.1. The van der Waals surface area contributed by atoms with E-state index in [9.17, 15) is 19.1 Å². The Morgan fingerprint density at radius 2 is 2.32 bits per heavy atom. The van der Waals surface area contributed by atoms with Crippen molar-refractivity contribution in [3.63, 3.8) is 0 Å². The lowest BCUT2D eigenvalue weighted by Gasteiger charge is -2.21. The Hall–Kier alpha value is -1.47. The molecule has 0 aliphatic heterocycles. The van der Waals surface area contributed by atoms with Crippen molar-refractivity contribution in [1.29, 1.82) is 0 Å². The molecule has 5 nitrogen and oxygen atoms in total. The van der Waals surface area contributed by atoms with Crippen molar-refractivity contribution >= 4 is 28.3 Å². The van der Waals surface area contributed by atoms with Crippen molar-refractivity contribution in [3.05, 3.63) is 34.1 Å². The number of aliphatic hydroxyl groups excluding tert-OH is 1. The largest absolute Gasteiger partial charge is 0.464 e. The SMILES string of the molecule is CCOC(=O)C(NC=O)C(O)c1ccc(Br)c(F)c1. The first-order valence-electron chi connectivity index (χ1n) is 5.50. The molecule has 19 heavy (non-hydrogen) atoms. The van der Waals surface area contributed by atoms with Crippen LogP contribution in [0.4, 0.5) is 4.39 Å². The van der Waals surface area contributed by atoms with E-state index < -0.39 is 23.9 Å². The second kappa shape index (κ2) is 7.20. The summed E-state index contributed by atoms with van der Waals surface area (Å²) in [5.74, 6) is -1.37. The fourth-order valence-corrected chi connectivity index (χ4v) is 1.73. The minimum atomic E-state index is -1.40. The van der Waals surface area contributed by atoms with Gasteiger partial charge in [-0.25, -0.2) is 9.18 Å². The second-order valence-corrected chi connectivity index (χ2v) is 4.49. The highest BCUT2D eigenvalue weighted by Gasteiger charge is 2.29. The van der Waals surface area contributed by atoms with Crippen molar-refractivity contribution in [2.45, 2.75) is 19.1 Å². The molecule has 104 valence electrons. The van der Waals surface area contributed by atoms with Gasteiger partial charge < -0.3 is 15.2 Å². The Kier molecular flexibility index (Phi) is 5.91. The molecular weight excluding hydrogens is 321 g/mol. The number of carbonyl (C=O) groups is 2. The minimum absolute atomic E-state index is 0.108. The van der Waals surface area contributed by atoms with Crippen molar-refractivity contribution in [3.8, 4) is 0 Å². The summed E-state index contributed by atoms with van der Waals surface area (Å²) in [4.78, 5) is 22.1. The van der Waals surface area contributed by atoms with Crippen LogP contribution in [-0.4, -0.2) is 30.1 Å². The number of halogens is 2. The van der Waals surface area contributed by atoms with Gasteiger partial charge in [0.1, 0.15) is 11.9 Å². The number of nitrogens with one attached hydrogen (secondary N) is 1. The highest BCUT2D eigenvalue weighted by atomic mass is 79.9. The summed E-state index contributed by atoms with van der Waals surface area (Å²) in [7, 11) is 0. The molecule has 0 fully saturated rings. The second-order valence-electron chi connectivity index (χ2n) is 3.63. The molecule has 2 N–H and O–H groups in total. The topological polar surface area (TPSA) is 75.6 Å². The molecule has 0 aromatic heterocycles. The van der Waals surface area contributed by atoms with Crippen LogP contribution < -0.4 is 5.32 Å². The lowest BCUT2D eigenvalue weighted by Crippen LogP contribution is -2.42. The first-order valence-corrected chi connectivity index (χ1v) is 6.29. The summed E-state index contributed by atoms with van der Waals surface area (Å²) in [6.45, 7) is 1.71. The monoisotopic (exact) mass is 333 g/mol. The van der Waals surface area contributed by atoms with Gasteiger partial charge in [-0.05, 0) is 40.5 Å². The van der Waals surface area contributed by atoms with E-state index in [1.54, 1.807) is 6.92 Å². The van der Waals surface area contributed by atoms with E-state index >= 15 is 0 Å².